The minimum atomic E-state index is -0.149. The maximum absolute atomic E-state index is 13.2. The Kier molecular flexibility index (Phi) is 8.07. The number of nitrogens with zero attached hydrogens (tertiary/aromatic N) is 3. The van der Waals surface area contributed by atoms with Gasteiger partial charge in [-0.25, -0.2) is 0 Å². The summed E-state index contributed by atoms with van der Waals surface area (Å²) in [5.41, 5.74) is 4.70. The summed E-state index contributed by atoms with van der Waals surface area (Å²) in [5.74, 6) is 0.0213. The zero-order valence-electron chi connectivity index (χ0n) is 21.5. The number of amides is 1. The van der Waals surface area contributed by atoms with Crippen LogP contribution in [0.25, 0.3) is 0 Å². The van der Waals surface area contributed by atoms with E-state index in [-0.39, 0.29) is 17.4 Å². The van der Waals surface area contributed by atoms with Gasteiger partial charge in [0.25, 0.3) is 5.91 Å². The van der Waals surface area contributed by atoms with Gasteiger partial charge in [-0.1, -0.05) is 53.5 Å². The maximum atomic E-state index is 13.2. The van der Waals surface area contributed by atoms with Crippen LogP contribution < -0.4 is 0 Å². The zero-order chi connectivity index (χ0) is 26.7. The molecule has 1 atom stereocenters. The van der Waals surface area contributed by atoms with Crippen LogP contribution in [0.1, 0.15) is 57.8 Å². The van der Waals surface area contributed by atoms with Gasteiger partial charge in [0.05, 0.1) is 33.9 Å². The smallest absolute Gasteiger partial charge is 0.253 e. The monoisotopic (exact) mass is 547 g/mol. The normalized spacial score (nSPS) is 17.1. The van der Waals surface area contributed by atoms with Crippen LogP contribution in [0.5, 0.6) is 0 Å². The Morgan fingerprint density at radius 1 is 1.08 bits per heavy atom. The van der Waals surface area contributed by atoms with Crippen molar-refractivity contribution in [3.8, 4) is 6.07 Å². The van der Waals surface area contributed by atoms with E-state index in [9.17, 15) is 4.79 Å². The molecule has 1 amide bonds. The van der Waals surface area contributed by atoms with Crippen LogP contribution in [0.2, 0.25) is 10.0 Å². The average molecular weight is 549 g/mol. The zero-order valence-corrected chi connectivity index (χ0v) is 23.0. The fourth-order valence-electron chi connectivity index (χ4n) is 5.73. The van der Waals surface area contributed by atoms with Crippen molar-refractivity contribution in [2.45, 2.75) is 37.4 Å². The van der Waals surface area contributed by atoms with E-state index in [0.29, 0.717) is 34.3 Å². The molecule has 0 radical (unpaired) electrons. The highest BCUT2D eigenvalue weighted by Gasteiger charge is 2.42. The molecular weight excluding hydrogens is 517 g/mol. The second kappa shape index (κ2) is 11.5. The third kappa shape index (κ3) is 5.60. The lowest BCUT2D eigenvalue weighted by Crippen LogP contribution is -2.43. The molecular formula is C31H31Cl2N3O2. The number of piperidine rings is 1. The van der Waals surface area contributed by atoms with Crippen LogP contribution in [0, 0.1) is 11.3 Å². The predicted molar refractivity (Wildman–Crippen MR) is 151 cm³/mol. The summed E-state index contributed by atoms with van der Waals surface area (Å²) in [6.45, 7) is 4.12. The first-order valence-electron chi connectivity index (χ1n) is 13.0. The van der Waals surface area contributed by atoms with Gasteiger partial charge in [0.15, 0.2) is 0 Å². The van der Waals surface area contributed by atoms with Gasteiger partial charge in [-0.2, -0.15) is 5.26 Å². The molecule has 0 bridgehead atoms. The number of hydrogen-bond acceptors (Lipinski definition) is 4. The third-order valence-corrected chi connectivity index (χ3v) is 8.73. The molecule has 0 aromatic heterocycles. The van der Waals surface area contributed by atoms with Crippen LogP contribution in [-0.2, 0) is 16.9 Å². The number of benzene rings is 3. The summed E-state index contributed by atoms with van der Waals surface area (Å²) in [4.78, 5) is 17.4. The Bertz CT molecular complexity index is 1340. The second-order valence-corrected chi connectivity index (χ2v) is 11.1. The Hall–Kier alpha value is -2.88. The molecule has 1 unspecified atom stereocenters. The largest absolute Gasteiger partial charge is 0.365 e. The number of carbonyl (C=O) groups is 1. The molecule has 2 heterocycles. The van der Waals surface area contributed by atoms with Crippen LogP contribution in [0.15, 0.2) is 66.7 Å². The molecule has 2 aliphatic rings. The van der Waals surface area contributed by atoms with Crippen molar-refractivity contribution in [1.82, 2.24) is 9.80 Å². The fraction of sp³-hybridized carbons (Fsp3) is 0.355. The number of rotatable bonds is 7. The number of nitriles is 1. The van der Waals surface area contributed by atoms with Gasteiger partial charge in [0.1, 0.15) is 0 Å². The summed E-state index contributed by atoms with van der Waals surface area (Å²) in [7, 11) is 1.82. The van der Waals surface area contributed by atoms with Crippen molar-refractivity contribution in [3.05, 3.63) is 105 Å². The topological polar surface area (TPSA) is 56.6 Å². The molecule has 1 fully saturated rings. The molecule has 5 nitrogen and oxygen atoms in total. The molecule has 38 heavy (non-hydrogen) atoms. The first-order valence-corrected chi connectivity index (χ1v) is 13.8. The second-order valence-electron chi connectivity index (χ2n) is 10.3. The standard InChI is InChI=1S/C31H31Cl2N3O2/c1-35(30(37)23-8-6-22(19-34)7-9-23)20-25(24-10-11-28(32)29(33)18-24)12-15-36-16-13-31(14-17-36)27-5-3-2-4-26(27)21-38-31/h2-11,18,25H,12-17,20-21H2,1H3. The van der Waals surface area contributed by atoms with E-state index in [1.165, 1.54) is 11.1 Å². The van der Waals surface area contributed by atoms with Crippen LogP contribution in [0.4, 0.5) is 0 Å². The molecule has 3 aromatic rings. The molecule has 3 aromatic carbocycles. The van der Waals surface area contributed by atoms with Gasteiger partial charge in [-0.15, -0.1) is 0 Å². The number of halogens is 2. The number of likely N-dealkylation sites (tertiary alicyclic amines) is 1. The van der Waals surface area contributed by atoms with Crippen LogP contribution in [-0.4, -0.2) is 48.9 Å². The molecule has 1 spiro atoms. The van der Waals surface area contributed by atoms with E-state index in [0.717, 1.165) is 44.5 Å². The Morgan fingerprint density at radius 2 is 1.82 bits per heavy atom. The molecule has 5 rings (SSSR count). The highest BCUT2D eigenvalue weighted by Crippen LogP contribution is 2.44. The maximum Gasteiger partial charge on any atom is 0.253 e. The van der Waals surface area contributed by atoms with Gasteiger partial charge >= 0.3 is 0 Å². The van der Waals surface area contributed by atoms with Gasteiger partial charge in [0, 0.05) is 38.2 Å². The minimum Gasteiger partial charge on any atom is -0.365 e. The lowest BCUT2D eigenvalue weighted by Gasteiger charge is -2.40. The van der Waals surface area contributed by atoms with Crippen molar-refractivity contribution in [1.29, 1.82) is 5.26 Å². The summed E-state index contributed by atoms with van der Waals surface area (Å²) in [6, 6.07) is 23.2. The predicted octanol–water partition coefficient (Wildman–Crippen LogP) is 6.63. The van der Waals surface area contributed by atoms with E-state index in [4.69, 9.17) is 33.2 Å². The Labute approximate surface area is 234 Å². The van der Waals surface area contributed by atoms with E-state index in [1.807, 2.05) is 25.2 Å². The van der Waals surface area contributed by atoms with Gasteiger partial charge in [0.2, 0.25) is 0 Å². The van der Waals surface area contributed by atoms with Crippen LogP contribution >= 0.6 is 23.2 Å². The number of fused-ring (bicyclic) bond motifs is 2. The minimum absolute atomic E-state index is 0.0727. The van der Waals surface area contributed by atoms with Crippen molar-refractivity contribution in [3.63, 3.8) is 0 Å². The summed E-state index contributed by atoms with van der Waals surface area (Å²) >= 11 is 12.6. The molecule has 196 valence electrons. The SMILES string of the molecule is CN(CC(CCN1CCC2(CC1)OCc1ccccc12)c1ccc(Cl)c(Cl)c1)C(=O)c1ccc(C#N)cc1. The fourth-order valence-corrected chi connectivity index (χ4v) is 6.03. The number of ether oxygens (including phenoxy) is 1. The molecule has 2 aliphatic heterocycles. The van der Waals surface area contributed by atoms with Crippen molar-refractivity contribution in [2.75, 3.05) is 33.2 Å². The Balaban J connectivity index is 1.25. The van der Waals surface area contributed by atoms with Crippen LogP contribution in [0.3, 0.4) is 0 Å². The van der Waals surface area contributed by atoms with E-state index in [1.54, 1.807) is 29.2 Å². The number of carbonyl (C=O) groups excluding carboxylic acids is 1. The lowest BCUT2D eigenvalue weighted by atomic mass is 9.83. The summed E-state index contributed by atoms with van der Waals surface area (Å²) in [5, 5.41) is 10.1. The molecule has 7 heteroatoms. The lowest BCUT2D eigenvalue weighted by molar-refractivity contribution is -0.0790. The molecule has 0 saturated carbocycles. The first kappa shape index (κ1) is 26.7. The summed E-state index contributed by atoms with van der Waals surface area (Å²) in [6.07, 6.45) is 2.85. The highest BCUT2D eigenvalue weighted by atomic mass is 35.5. The van der Waals surface area contributed by atoms with E-state index >= 15 is 0 Å². The van der Waals surface area contributed by atoms with Crippen molar-refractivity contribution < 1.29 is 9.53 Å². The van der Waals surface area contributed by atoms with E-state index in [2.05, 4.69) is 35.2 Å². The first-order chi connectivity index (χ1) is 18.4. The van der Waals surface area contributed by atoms with Crippen molar-refractivity contribution in [2.24, 2.45) is 0 Å². The highest BCUT2D eigenvalue weighted by molar-refractivity contribution is 6.42. The molecule has 0 aliphatic carbocycles. The molecule has 0 N–H and O–H groups in total. The quantitative estimate of drug-likeness (QED) is 0.333. The number of hydrogen-bond donors (Lipinski definition) is 0. The molecule has 1 saturated heterocycles. The van der Waals surface area contributed by atoms with E-state index < -0.39 is 0 Å². The van der Waals surface area contributed by atoms with Gasteiger partial charge < -0.3 is 14.5 Å². The van der Waals surface area contributed by atoms with Crippen molar-refractivity contribution >= 4 is 29.1 Å². The average Bonchev–Trinajstić information content (AvgIpc) is 3.31. The van der Waals surface area contributed by atoms with Gasteiger partial charge in [-0.3, -0.25) is 4.79 Å². The third-order valence-electron chi connectivity index (χ3n) is 7.99. The Morgan fingerprint density at radius 3 is 2.53 bits per heavy atom. The number of likely N-dealkylation sites (N-methyl/N-ethyl adjacent to an activating group) is 1. The summed E-state index contributed by atoms with van der Waals surface area (Å²) < 4.78 is 6.34. The van der Waals surface area contributed by atoms with Gasteiger partial charge in [-0.05, 0) is 78.9 Å².